The van der Waals surface area contributed by atoms with Gasteiger partial charge in [0.25, 0.3) is 0 Å². The number of benzene rings is 2. The smallest absolute Gasteiger partial charge is 0.156 e. The summed E-state index contributed by atoms with van der Waals surface area (Å²) in [7, 11) is -3.18. The number of fused-ring (bicyclic) bond motifs is 2. The van der Waals surface area contributed by atoms with Crippen molar-refractivity contribution in [2.75, 3.05) is 6.26 Å². The van der Waals surface area contributed by atoms with Crippen molar-refractivity contribution < 1.29 is 8.42 Å². The predicted molar refractivity (Wildman–Crippen MR) is 127 cm³/mol. The van der Waals surface area contributed by atoms with Crippen LogP contribution >= 0.6 is 31.9 Å². The summed E-state index contributed by atoms with van der Waals surface area (Å²) in [5.74, 6) is 0. The molecule has 0 aliphatic carbocycles. The lowest BCUT2D eigenvalue weighted by atomic mass is 10.0. The highest BCUT2D eigenvalue weighted by Crippen LogP contribution is 2.34. The Morgan fingerprint density at radius 2 is 1.59 bits per heavy atom. The molecule has 0 spiro atoms. The Balaban J connectivity index is 0.000000186. The minimum atomic E-state index is -3.18. The van der Waals surface area contributed by atoms with E-state index in [1.54, 1.807) is 20.0 Å². The Morgan fingerprint density at radius 1 is 0.897 bits per heavy atom. The first-order valence-corrected chi connectivity index (χ1v) is 12.3. The number of aromatic nitrogens is 2. The van der Waals surface area contributed by atoms with Gasteiger partial charge >= 0.3 is 0 Å². The third-order valence-corrected chi connectivity index (χ3v) is 7.98. The number of nitrogens with zero attached hydrogens (tertiary/aromatic N) is 2. The van der Waals surface area contributed by atoms with Crippen molar-refractivity contribution >= 4 is 63.5 Å². The van der Waals surface area contributed by atoms with E-state index in [4.69, 9.17) is 0 Å². The molecule has 150 valence electrons. The molecule has 0 aliphatic rings. The van der Waals surface area contributed by atoms with E-state index in [2.05, 4.69) is 47.9 Å². The van der Waals surface area contributed by atoms with Crippen LogP contribution in [-0.2, 0) is 14.6 Å². The molecule has 2 heterocycles. The van der Waals surface area contributed by atoms with Crippen molar-refractivity contribution in [2.45, 2.75) is 18.6 Å². The van der Waals surface area contributed by atoms with Crippen LogP contribution in [0.2, 0.25) is 0 Å². The molecule has 29 heavy (non-hydrogen) atoms. The van der Waals surface area contributed by atoms with E-state index in [1.165, 1.54) is 11.6 Å². The Labute approximate surface area is 187 Å². The first-order valence-electron chi connectivity index (χ1n) is 8.85. The number of para-hydroxylation sites is 1. The SMILES string of the molecule is Brc1ccc2ccccc2n1.CC(C)(c1cc(Br)c2ncccc2c1)S(C)(=O)=O. The molecule has 0 saturated heterocycles. The number of hydrogen-bond donors (Lipinski definition) is 0. The lowest BCUT2D eigenvalue weighted by Gasteiger charge is -2.23. The van der Waals surface area contributed by atoms with Gasteiger partial charge in [-0.2, -0.15) is 0 Å². The maximum Gasteiger partial charge on any atom is 0.156 e. The van der Waals surface area contributed by atoms with Gasteiger partial charge in [-0.15, -0.1) is 0 Å². The third kappa shape index (κ3) is 4.85. The second-order valence-electron chi connectivity index (χ2n) is 7.14. The molecule has 0 aliphatic heterocycles. The second-order valence-corrected chi connectivity index (χ2v) is 11.4. The fourth-order valence-electron chi connectivity index (χ4n) is 2.75. The van der Waals surface area contributed by atoms with Crippen LogP contribution in [0.15, 0.2) is 75.9 Å². The zero-order valence-electron chi connectivity index (χ0n) is 16.2. The molecule has 0 amide bonds. The molecule has 0 unspecified atom stereocenters. The quantitative estimate of drug-likeness (QED) is 0.283. The molecule has 2 aromatic heterocycles. The Kier molecular flexibility index (Phi) is 6.41. The number of sulfone groups is 1. The summed E-state index contributed by atoms with van der Waals surface area (Å²) >= 11 is 6.77. The Bertz CT molecular complexity index is 1290. The molecule has 4 aromatic rings. The summed E-state index contributed by atoms with van der Waals surface area (Å²) < 4.78 is 24.5. The van der Waals surface area contributed by atoms with E-state index in [-0.39, 0.29) is 0 Å². The van der Waals surface area contributed by atoms with E-state index < -0.39 is 14.6 Å². The minimum Gasteiger partial charge on any atom is -0.255 e. The monoisotopic (exact) mass is 534 g/mol. The summed E-state index contributed by atoms with van der Waals surface area (Å²) in [6.07, 6.45) is 2.98. The lowest BCUT2D eigenvalue weighted by Crippen LogP contribution is -2.28. The molecule has 0 saturated carbocycles. The molecule has 0 N–H and O–H groups in total. The van der Waals surface area contributed by atoms with Crippen LogP contribution in [0.3, 0.4) is 0 Å². The van der Waals surface area contributed by atoms with Gasteiger partial charge in [0.15, 0.2) is 9.84 Å². The highest BCUT2D eigenvalue weighted by Gasteiger charge is 2.32. The van der Waals surface area contributed by atoms with E-state index in [1.807, 2.05) is 54.6 Å². The van der Waals surface area contributed by atoms with Crippen molar-refractivity contribution in [3.63, 3.8) is 0 Å². The fraction of sp³-hybridized carbons (Fsp3) is 0.182. The van der Waals surface area contributed by atoms with Gasteiger partial charge in [0.2, 0.25) is 0 Å². The highest BCUT2D eigenvalue weighted by molar-refractivity contribution is 9.10. The largest absolute Gasteiger partial charge is 0.255 e. The number of pyridine rings is 2. The topological polar surface area (TPSA) is 59.9 Å². The number of rotatable bonds is 2. The molecular weight excluding hydrogens is 516 g/mol. The van der Waals surface area contributed by atoms with Gasteiger partial charge in [-0.1, -0.05) is 30.3 Å². The van der Waals surface area contributed by atoms with E-state index in [0.29, 0.717) is 0 Å². The average Bonchev–Trinajstić information content (AvgIpc) is 2.67. The van der Waals surface area contributed by atoms with Gasteiger partial charge in [-0.3, -0.25) is 4.98 Å². The van der Waals surface area contributed by atoms with Crippen LogP contribution in [0.25, 0.3) is 21.8 Å². The molecule has 4 nitrogen and oxygen atoms in total. The van der Waals surface area contributed by atoms with E-state index >= 15 is 0 Å². The second kappa shape index (κ2) is 8.50. The standard InChI is InChI=1S/C13H14BrNO2S.C9H6BrN/c1-13(2,18(3,16)17)10-7-9-5-4-6-15-12(9)11(14)8-10;10-9-6-5-7-3-1-2-4-8(7)11-9/h4-8H,1-3H3;1-6H. The van der Waals surface area contributed by atoms with Crippen molar-refractivity contribution in [2.24, 2.45) is 0 Å². The Hall–Kier alpha value is -1.83. The van der Waals surface area contributed by atoms with Crippen LogP contribution in [0, 0.1) is 0 Å². The maximum atomic E-state index is 11.9. The minimum absolute atomic E-state index is 0.761. The van der Waals surface area contributed by atoms with Gasteiger partial charge in [-0.05, 0) is 81.6 Å². The van der Waals surface area contributed by atoms with Crippen molar-refractivity contribution in [1.29, 1.82) is 0 Å². The van der Waals surface area contributed by atoms with Gasteiger partial charge in [0.05, 0.1) is 15.8 Å². The van der Waals surface area contributed by atoms with Gasteiger partial charge in [0.1, 0.15) is 4.60 Å². The molecule has 0 fully saturated rings. The third-order valence-electron chi connectivity index (χ3n) is 4.84. The zero-order valence-corrected chi connectivity index (χ0v) is 20.2. The van der Waals surface area contributed by atoms with Crippen LogP contribution in [0.1, 0.15) is 19.4 Å². The molecule has 0 bridgehead atoms. The van der Waals surface area contributed by atoms with Crippen LogP contribution in [0.4, 0.5) is 0 Å². The summed E-state index contributed by atoms with van der Waals surface area (Å²) in [6.45, 7) is 3.43. The first-order chi connectivity index (χ1) is 13.6. The molecule has 0 radical (unpaired) electrons. The van der Waals surface area contributed by atoms with Crippen molar-refractivity contribution in [3.8, 4) is 0 Å². The highest BCUT2D eigenvalue weighted by atomic mass is 79.9. The van der Waals surface area contributed by atoms with Crippen LogP contribution < -0.4 is 0 Å². The van der Waals surface area contributed by atoms with Crippen molar-refractivity contribution in [3.05, 3.63) is 81.5 Å². The van der Waals surface area contributed by atoms with Crippen molar-refractivity contribution in [1.82, 2.24) is 9.97 Å². The van der Waals surface area contributed by atoms with Gasteiger partial charge in [-0.25, -0.2) is 13.4 Å². The van der Waals surface area contributed by atoms with Crippen LogP contribution in [-0.4, -0.2) is 24.6 Å². The summed E-state index contributed by atoms with van der Waals surface area (Å²) in [5, 5.41) is 2.11. The average molecular weight is 536 g/mol. The Morgan fingerprint density at radius 3 is 2.31 bits per heavy atom. The normalized spacial score (nSPS) is 11.9. The molecule has 2 aromatic carbocycles. The summed E-state index contributed by atoms with van der Waals surface area (Å²) in [6, 6.07) is 19.5. The predicted octanol–water partition coefficient (Wildman–Crippen LogP) is 6.27. The van der Waals surface area contributed by atoms with E-state index in [0.717, 1.165) is 31.1 Å². The lowest BCUT2D eigenvalue weighted by molar-refractivity contribution is 0.561. The summed E-state index contributed by atoms with van der Waals surface area (Å²) in [5.41, 5.74) is 2.63. The van der Waals surface area contributed by atoms with Crippen LogP contribution in [0.5, 0.6) is 0 Å². The van der Waals surface area contributed by atoms with Gasteiger partial charge in [0, 0.05) is 27.7 Å². The molecular formula is C22H20Br2N2O2S. The zero-order chi connectivity index (χ0) is 21.2. The first kappa shape index (κ1) is 21.9. The maximum absolute atomic E-state index is 11.9. The van der Waals surface area contributed by atoms with Gasteiger partial charge < -0.3 is 0 Å². The fourth-order valence-corrected chi connectivity index (χ4v) is 4.20. The molecule has 0 atom stereocenters. The number of halogens is 2. The molecule has 4 rings (SSSR count). The summed E-state index contributed by atoms with van der Waals surface area (Å²) in [4.78, 5) is 8.56. The molecule has 7 heteroatoms. The number of hydrogen-bond acceptors (Lipinski definition) is 4. The van der Waals surface area contributed by atoms with E-state index in [9.17, 15) is 8.42 Å².